The molecule has 0 spiro atoms. The Bertz CT molecular complexity index is 1010. The highest BCUT2D eigenvalue weighted by Gasteiger charge is 2.27. The Morgan fingerprint density at radius 3 is 2.27 bits per heavy atom. The highest BCUT2D eigenvalue weighted by Crippen LogP contribution is 2.29. The van der Waals surface area contributed by atoms with Gasteiger partial charge in [0.1, 0.15) is 5.75 Å². The normalized spacial score (nSPS) is 11.1. The molecule has 0 atom stereocenters. The van der Waals surface area contributed by atoms with Crippen LogP contribution >= 0.6 is 0 Å². The molecule has 0 saturated carbocycles. The van der Waals surface area contributed by atoms with Gasteiger partial charge in [-0.05, 0) is 68.3 Å². The molecule has 0 fully saturated rings. The summed E-state index contributed by atoms with van der Waals surface area (Å²) < 4.78 is 25.8. The van der Waals surface area contributed by atoms with Gasteiger partial charge in [-0.2, -0.15) is 0 Å². The van der Waals surface area contributed by atoms with E-state index in [1.807, 2.05) is 6.92 Å². The number of ether oxygens (including phenoxy) is 5. The van der Waals surface area contributed by atoms with Crippen molar-refractivity contribution in [3.63, 3.8) is 0 Å². The Balaban J connectivity index is 1.98. The minimum atomic E-state index is -0.589. The molecular formula is C25H28O8. The van der Waals surface area contributed by atoms with Crippen LogP contribution < -0.4 is 14.2 Å². The predicted molar refractivity (Wildman–Crippen MR) is 121 cm³/mol. The van der Waals surface area contributed by atoms with Crippen molar-refractivity contribution in [1.29, 1.82) is 0 Å². The quantitative estimate of drug-likeness (QED) is 0.224. The third-order valence-corrected chi connectivity index (χ3v) is 4.95. The van der Waals surface area contributed by atoms with Crippen molar-refractivity contribution in [2.75, 3.05) is 21.0 Å². The third kappa shape index (κ3) is 7.38. The molecule has 2 aromatic rings. The van der Waals surface area contributed by atoms with Gasteiger partial charge in [-0.1, -0.05) is 13.0 Å². The van der Waals surface area contributed by atoms with Crippen molar-refractivity contribution in [2.24, 2.45) is 5.41 Å². The van der Waals surface area contributed by atoms with Crippen LogP contribution in [0.5, 0.6) is 17.2 Å². The summed E-state index contributed by atoms with van der Waals surface area (Å²) in [6.45, 7) is 5.29. The molecule has 33 heavy (non-hydrogen) atoms. The summed E-state index contributed by atoms with van der Waals surface area (Å²) in [6.07, 6.45) is 3.48. The molecule has 176 valence electrons. The van der Waals surface area contributed by atoms with Crippen LogP contribution in [0.3, 0.4) is 0 Å². The molecule has 0 aliphatic rings. The second-order valence-electron chi connectivity index (χ2n) is 7.61. The predicted octanol–water partition coefficient (Wildman–Crippen LogP) is 4.42. The number of rotatable bonds is 10. The smallest absolute Gasteiger partial charge is 0.343 e. The van der Waals surface area contributed by atoms with Crippen molar-refractivity contribution >= 4 is 24.0 Å². The minimum absolute atomic E-state index is 0.222. The van der Waals surface area contributed by atoms with Gasteiger partial charge in [-0.25, -0.2) is 9.59 Å². The highest BCUT2D eigenvalue weighted by atomic mass is 16.7. The minimum Gasteiger partial charge on any atom is -0.493 e. The van der Waals surface area contributed by atoms with Crippen LogP contribution in [0.15, 0.2) is 48.5 Å². The molecule has 0 saturated heterocycles. The molecule has 0 amide bonds. The van der Waals surface area contributed by atoms with Gasteiger partial charge in [-0.3, -0.25) is 4.79 Å². The van der Waals surface area contributed by atoms with E-state index in [0.717, 1.165) is 0 Å². The topological polar surface area (TPSA) is 97.4 Å². The number of benzene rings is 2. The van der Waals surface area contributed by atoms with Crippen molar-refractivity contribution in [3.05, 3.63) is 59.7 Å². The van der Waals surface area contributed by atoms with E-state index in [0.29, 0.717) is 29.0 Å². The zero-order chi connectivity index (χ0) is 24.4. The van der Waals surface area contributed by atoms with Gasteiger partial charge in [0.2, 0.25) is 6.79 Å². The van der Waals surface area contributed by atoms with Crippen LogP contribution in [0.1, 0.15) is 43.1 Å². The molecular weight excluding hydrogens is 428 g/mol. The summed E-state index contributed by atoms with van der Waals surface area (Å²) in [5, 5.41) is 0. The number of hydrogen-bond donors (Lipinski definition) is 0. The fraction of sp³-hybridized carbons (Fsp3) is 0.320. The van der Waals surface area contributed by atoms with E-state index in [2.05, 4.69) is 4.74 Å². The van der Waals surface area contributed by atoms with Gasteiger partial charge in [0.05, 0.1) is 25.2 Å². The number of carbonyl (C=O) groups is 3. The first-order valence-corrected chi connectivity index (χ1v) is 10.3. The van der Waals surface area contributed by atoms with Crippen molar-refractivity contribution < 1.29 is 38.1 Å². The van der Waals surface area contributed by atoms with Gasteiger partial charge in [0, 0.05) is 6.08 Å². The summed E-state index contributed by atoms with van der Waals surface area (Å²) in [5.74, 6) is -0.428. The zero-order valence-corrected chi connectivity index (χ0v) is 19.4. The fourth-order valence-electron chi connectivity index (χ4n) is 2.44. The highest BCUT2D eigenvalue weighted by molar-refractivity contribution is 5.91. The molecule has 8 heteroatoms. The average molecular weight is 456 g/mol. The molecule has 2 aromatic carbocycles. The molecule has 0 aliphatic carbocycles. The lowest BCUT2D eigenvalue weighted by atomic mass is 9.91. The molecule has 2 rings (SSSR count). The third-order valence-electron chi connectivity index (χ3n) is 4.95. The molecule has 0 heterocycles. The van der Waals surface area contributed by atoms with E-state index < -0.39 is 17.4 Å². The van der Waals surface area contributed by atoms with Gasteiger partial charge in [0.15, 0.2) is 11.5 Å². The van der Waals surface area contributed by atoms with Crippen molar-refractivity contribution in [1.82, 2.24) is 0 Å². The van der Waals surface area contributed by atoms with Crippen LogP contribution in [-0.2, 0) is 19.1 Å². The van der Waals surface area contributed by atoms with Crippen LogP contribution in [0.2, 0.25) is 0 Å². The van der Waals surface area contributed by atoms with Crippen LogP contribution in [-0.4, -0.2) is 38.9 Å². The van der Waals surface area contributed by atoms with E-state index in [4.69, 9.17) is 18.9 Å². The molecule has 0 aliphatic heterocycles. The zero-order valence-electron chi connectivity index (χ0n) is 19.4. The van der Waals surface area contributed by atoms with Crippen LogP contribution in [0.4, 0.5) is 0 Å². The first kappa shape index (κ1) is 25.5. The number of methoxy groups -OCH3 is 2. The van der Waals surface area contributed by atoms with E-state index in [1.165, 1.54) is 32.4 Å². The lowest BCUT2D eigenvalue weighted by molar-refractivity contribution is -0.160. The van der Waals surface area contributed by atoms with E-state index >= 15 is 0 Å². The number of carbonyl (C=O) groups excluding carboxylic acids is 3. The molecule has 0 radical (unpaired) electrons. The Kier molecular flexibility index (Phi) is 9.03. The molecule has 0 aromatic heterocycles. The van der Waals surface area contributed by atoms with Crippen LogP contribution in [0.25, 0.3) is 6.08 Å². The molecule has 0 unspecified atom stereocenters. The molecule has 0 N–H and O–H groups in total. The van der Waals surface area contributed by atoms with Gasteiger partial charge in [0.25, 0.3) is 0 Å². The van der Waals surface area contributed by atoms with Gasteiger partial charge < -0.3 is 23.7 Å². The summed E-state index contributed by atoms with van der Waals surface area (Å²) in [6, 6.07) is 11.1. The number of hydrogen-bond acceptors (Lipinski definition) is 8. The van der Waals surface area contributed by atoms with Gasteiger partial charge in [-0.15, -0.1) is 0 Å². The fourth-order valence-corrected chi connectivity index (χ4v) is 2.44. The maximum absolute atomic E-state index is 12.5. The second-order valence-corrected chi connectivity index (χ2v) is 7.61. The van der Waals surface area contributed by atoms with Crippen LogP contribution in [0, 0.1) is 5.41 Å². The first-order valence-electron chi connectivity index (χ1n) is 10.3. The first-order chi connectivity index (χ1) is 15.7. The Morgan fingerprint density at radius 1 is 0.970 bits per heavy atom. The Labute approximate surface area is 193 Å². The lowest BCUT2D eigenvalue weighted by Gasteiger charge is -2.20. The van der Waals surface area contributed by atoms with E-state index in [9.17, 15) is 14.4 Å². The largest absolute Gasteiger partial charge is 0.493 e. The maximum atomic E-state index is 12.5. The Morgan fingerprint density at radius 2 is 1.67 bits per heavy atom. The average Bonchev–Trinajstić information content (AvgIpc) is 2.83. The monoisotopic (exact) mass is 456 g/mol. The number of esters is 3. The lowest BCUT2D eigenvalue weighted by Crippen LogP contribution is -2.27. The van der Waals surface area contributed by atoms with E-state index in [1.54, 1.807) is 50.3 Å². The second kappa shape index (κ2) is 11.7. The summed E-state index contributed by atoms with van der Waals surface area (Å²) >= 11 is 0. The summed E-state index contributed by atoms with van der Waals surface area (Å²) in [7, 11) is 2.73. The molecule has 0 bridgehead atoms. The Hall–Kier alpha value is -3.81. The standard InChI is InChI=1S/C25H28O8/c1-6-25(2,3)24(28)32-16-31-19-11-9-18(10-12-19)23(27)33-20-13-7-17(15-21(20)29-4)8-14-22(26)30-5/h7-15H,6,16H2,1-5H3. The summed E-state index contributed by atoms with van der Waals surface area (Å²) in [4.78, 5) is 35.7. The van der Waals surface area contributed by atoms with E-state index in [-0.39, 0.29) is 18.5 Å². The van der Waals surface area contributed by atoms with Crippen molar-refractivity contribution in [2.45, 2.75) is 27.2 Å². The maximum Gasteiger partial charge on any atom is 0.343 e. The van der Waals surface area contributed by atoms with Gasteiger partial charge >= 0.3 is 17.9 Å². The van der Waals surface area contributed by atoms with Crippen molar-refractivity contribution in [3.8, 4) is 17.2 Å². The SMILES string of the molecule is CCC(C)(C)C(=O)OCOc1ccc(C(=O)Oc2ccc(C=CC(=O)OC)cc2OC)cc1. The summed E-state index contributed by atoms with van der Waals surface area (Å²) in [5.41, 5.74) is 0.387. The molecule has 8 nitrogen and oxygen atoms in total.